The van der Waals surface area contributed by atoms with Crippen molar-refractivity contribution in [1.29, 1.82) is 0 Å². The zero-order valence-electron chi connectivity index (χ0n) is 19.0. The molecule has 4 aliphatic rings. The summed E-state index contributed by atoms with van der Waals surface area (Å²) >= 11 is 0. The molecular weight excluding hydrogens is 451 g/mol. The van der Waals surface area contributed by atoms with Crippen LogP contribution in [0.15, 0.2) is 18.2 Å². The molecule has 186 valence electrons. The quantitative estimate of drug-likeness (QED) is 0.712. The number of carbonyl (C=O) groups is 2. The Balaban J connectivity index is 1.39. The van der Waals surface area contributed by atoms with Gasteiger partial charge in [-0.15, -0.1) is 0 Å². The van der Waals surface area contributed by atoms with Crippen LogP contribution < -0.4 is 9.80 Å². The summed E-state index contributed by atoms with van der Waals surface area (Å²) in [7, 11) is 0. The van der Waals surface area contributed by atoms with Gasteiger partial charge in [-0.1, -0.05) is 0 Å². The summed E-state index contributed by atoms with van der Waals surface area (Å²) in [4.78, 5) is 30.2. The molecule has 1 spiro atoms. The molecule has 34 heavy (non-hydrogen) atoms. The Morgan fingerprint density at radius 1 is 1.03 bits per heavy atom. The minimum atomic E-state index is -4.60. The number of piperidine rings is 1. The third kappa shape index (κ3) is 4.10. The fourth-order valence-corrected chi connectivity index (χ4v) is 6.10. The zero-order valence-corrected chi connectivity index (χ0v) is 19.0. The van der Waals surface area contributed by atoms with Crippen LogP contribution in [0, 0.1) is 5.41 Å². The van der Waals surface area contributed by atoms with Crippen molar-refractivity contribution in [1.82, 2.24) is 4.90 Å². The van der Waals surface area contributed by atoms with Gasteiger partial charge in [0.2, 0.25) is 5.91 Å². The minimum Gasteiger partial charge on any atom is -0.447 e. The van der Waals surface area contributed by atoms with Gasteiger partial charge in [-0.2, -0.15) is 13.2 Å². The summed E-state index contributed by atoms with van der Waals surface area (Å²) in [5.74, 6) is 0.0450. The van der Waals surface area contributed by atoms with Crippen molar-refractivity contribution >= 4 is 23.4 Å². The molecule has 10 heteroatoms. The summed E-state index contributed by atoms with van der Waals surface area (Å²) < 4.78 is 47.1. The fraction of sp³-hybridized carbons (Fsp3) is 0.667. The van der Waals surface area contributed by atoms with Gasteiger partial charge in [0, 0.05) is 37.1 Å². The first-order valence-electron chi connectivity index (χ1n) is 12.1. The maximum atomic E-state index is 14.1. The first-order valence-corrected chi connectivity index (χ1v) is 12.1. The molecule has 1 N–H and O–H groups in total. The second kappa shape index (κ2) is 8.62. The molecule has 1 atom stereocenters. The molecule has 3 heterocycles. The highest BCUT2D eigenvalue weighted by Crippen LogP contribution is 2.46. The number of benzene rings is 1. The number of hydrogen-bond donors (Lipinski definition) is 1. The number of amides is 2. The Morgan fingerprint density at radius 2 is 1.79 bits per heavy atom. The SMILES string of the molecule is O=C1OCCN1c1ccc(N2CCCC3(CCN(C4CCC(O)CC4)C3=O)C2)c(C(F)(F)F)c1. The first-order chi connectivity index (χ1) is 16.2. The molecule has 0 radical (unpaired) electrons. The van der Waals surface area contributed by atoms with Gasteiger partial charge in [0.25, 0.3) is 0 Å². The number of cyclic esters (lactones) is 1. The molecule has 3 aliphatic heterocycles. The van der Waals surface area contributed by atoms with E-state index in [0.29, 0.717) is 45.2 Å². The van der Waals surface area contributed by atoms with Crippen molar-refractivity contribution in [3.8, 4) is 0 Å². The lowest BCUT2D eigenvalue weighted by Crippen LogP contribution is -2.50. The Labute approximate surface area is 196 Å². The highest BCUT2D eigenvalue weighted by atomic mass is 19.4. The Morgan fingerprint density at radius 3 is 2.47 bits per heavy atom. The predicted octanol–water partition coefficient (Wildman–Crippen LogP) is 3.78. The van der Waals surface area contributed by atoms with Gasteiger partial charge in [0.05, 0.1) is 23.6 Å². The molecule has 7 nitrogen and oxygen atoms in total. The summed E-state index contributed by atoms with van der Waals surface area (Å²) in [6.45, 7) is 1.68. The lowest BCUT2D eigenvalue weighted by molar-refractivity contribution is -0.139. The van der Waals surface area contributed by atoms with Crippen molar-refractivity contribution in [2.45, 2.75) is 63.3 Å². The number of hydrogen-bond acceptors (Lipinski definition) is 5. The molecule has 0 aromatic heterocycles. The zero-order chi connectivity index (χ0) is 24.1. The van der Waals surface area contributed by atoms with Crippen LogP contribution >= 0.6 is 0 Å². The van der Waals surface area contributed by atoms with Crippen LogP contribution in [-0.2, 0) is 15.7 Å². The van der Waals surface area contributed by atoms with Crippen LogP contribution in [0.25, 0.3) is 0 Å². The van der Waals surface area contributed by atoms with Gasteiger partial charge >= 0.3 is 12.3 Å². The number of halogens is 3. The summed E-state index contributed by atoms with van der Waals surface area (Å²) in [5, 5.41) is 9.80. The van der Waals surface area contributed by atoms with Gasteiger partial charge in [-0.05, 0) is 63.1 Å². The molecule has 5 rings (SSSR count). The van der Waals surface area contributed by atoms with Crippen LogP contribution in [-0.4, -0.2) is 66.9 Å². The molecule has 1 unspecified atom stereocenters. The second-order valence-corrected chi connectivity index (χ2v) is 9.98. The molecule has 1 aromatic carbocycles. The van der Waals surface area contributed by atoms with Crippen LogP contribution in [0.4, 0.5) is 29.3 Å². The number of anilines is 2. The van der Waals surface area contributed by atoms with E-state index in [2.05, 4.69) is 0 Å². The minimum absolute atomic E-state index is 0.0450. The van der Waals surface area contributed by atoms with E-state index in [1.807, 2.05) is 4.90 Å². The molecule has 1 saturated carbocycles. The Hall–Kier alpha value is -2.49. The summed E-state index contributed by atoms with van der Waals surface area (Å²) in [6, 6.07) is 4.06. The number of nitrogens with zero attached hydrogens (tertiary/aromatic N) is 3. The van der Waals surface area contributed by atoms with Crippen LogP contribution in [0.2, 0.25) is 0 Å². The van der Waals surface area contributed by atoms with Crippen LogP contribution in [0.1, 0.15) is 50.5 Å². The van der Waals surface area contributed by atoms with Gasteiger partial charge in [-0.3, -0.25) is 9.69 Å². The Kier molecular flexibility index (Phi) is 5.90. The lowest BCUT2D eigenvalue weighted by atomic mass is 9.78. The van der Waals surface area contributed by atoms with E-state index in [9.17, 15) is 27.9 Å². The highest BCUT2D eigenvalue weighted by Gasteiger charge is 2.51. The van der Waals surface area contributed by atoms with E-state index < -0.39 is 23.2 Å². The van der Waals surface area contributed by atoms with Crippen molar-refractivity contribution in [3.05, 3.63) is 23.8 Å². The monoisotopic (exact) mass is 481 g/mol. The third-order valence-electron chi connectivity index (χ3n) is 7.93. The van der Waals surface area contributed by atoms with Crippen molar-refractivity contribution < 1.29 is 32.6 Å². The van der Waals surface area contributed by atoms with Crippen molar-refractivity contribution in [2.75, 3.05) is 42.6 Å². The number of aliphatic hydroxyl groups is 1. The van der Waals surface area contributed by atoms with E-state index in [1.165, 1.54) is 17.0 Å². The number of carbonyl (C=O) groups excluding carboxylic acids is 2. The van der Waals surface area contributed by atoms with E-state index in [-0.39, 0.29) is 49.1 Å². The highest BCUT2D eigenvalue weighted by molar-refractivity contribution is 5.90. The van der Waals surface area contributed by atoms with E-state index >= 15 is 0 Å². The maximum Gasteiger partial charge on any atom is 0.418 e. The molecule has 2 amide bonds. The number of rotatable bonds is 3. The summed E-state index contributed by atoms with van der Waals surface area (Å²) in [6.07, 6.45) is -0.707. The third-order valence-corrected chi connectivity index (χ3v) is 7.93. The average molecular weight is 482 g/mol. The molecule has 3 saturated heterocycles. The van der Waals surface area contributed by atoms with Gasteiger partial charge in [0.1, 0.15) is 6.61 Å². The van der Waals surface area contributed by atoms with Gasteiger partial charge < -0.3 is 19.6 Å². The molecular formula is C24H30F3N3O4. The number of alkyl halides is 3. The average Bonchev–Trinajstić information content (AvgIpc) is 3.37. The van der Waals surface area contributed by atoms with E-state index in [1.54, 1.807) is 4.90 Å². The number of ether oxygens (including phenoxy) is 1. The van der Waals surface area contributed by atoms with E-state index in [4.69, 9.17) is 4.74 Å². The molecule has 1 aliphatic carbocycles. The van der Waals surface area contributed by atoms with Crippen molar-refractivity contribution in [3.63, 3.8) is 0 Å². The van der Waals surface area contributed by atoms with E-state index in [0.717, 1.165) is 18.9 Å². The van der Waals surface area contributed by atoms with Gasteiger partial charge in [-0.25, -0.2) is 4.79 Å². The normalized spacial score (nSPS) is 30.4. The Bertz CT molecular complexity index is 963. The first kappa shape index (κ1) is 23.3. The number of aliphatic hydroxyl groups excluding tert-OH is 1. The number of likely N-dealkylation sites (tertiary alicyclic amines) is 1. The maximum absolute atomic E-state index is 14.1. The molecule has 0 bridgehead atoms. The van der Waals surface area contributed by atoms with Crippen LogP contribution in [0.3, 0.4) is 0 Å². The van der Waals surface area contributed by atoms with Gasteiger partial charge in [0.15, 0.2) is 0 Å². The summed E-state index contributed by atoms with van der Waals surface area (Å²) in [5.41, 5.74) is -1.26. The topological polar surface area (TPSA) is 73.3 Å². The lowest BCUT2D eigenvalue weighted by Gasteiger charge is -2.42. The fourth-order valence-electron chi connectivity index (χ4n) is 6.10. The predicted molar refractivity (Wildman–Crippen MR) is 119 cm³/mol. The standard InChI is InChI=1S/C24H30F3N3O4/c25-24(26,27)19-14-17(30-12-13-34-22(30)33)4-7-20(19)28-10-1-8-23(15-28)9-11-29(21(23)32)16-2-5-18(31)6-3-16/h4,7,14,16,18,31H,1-3,5-6,8-13,15H2. The largest absolute Gasteiger partial charge is 0.447 e. The molecule has 1 aromatic rings. The van der Waals surface area contributed by atoms with Crippen molar-refractivity contribution in [2.24, 2.45) is 5.41 Å². The van der Waals surface area contributed by atoms with Crippen LogP contribution in [0.5, 0.6) is 0 Å². The smallest absolute Gasteiger partial charge is 0.418 e. The second-order valence-electron chi connectivity index (χ2n) is 9.98. The molecule has 4 fully saturated rings.